The van der Waals surface area contributed by atoms with Crippen LogP contribution in [0.5, 0.6) is 5.75 Å². The van der Waals surface area contributed by atoms with E-state index in [0.717, 1.165) is 42.6 Å². The monoisotopic (exact) mass is 315 g/mol. The van der Waals surface area contributed by atoms with Gasteiger partial charge in [0.1, 0.15) is 12.0 Å². The summed E-state index contributed by atoms with van der Waals surface area (Å²) >= 11 is 0. The molecule has 1 unspecified atom stereocenters. The molecule has 1 aliphatic rings. The topological polar surface area (TPSA) is 46.6 Å². The molecule has 0 radical (unpaired) electrons. The molecule has 0 bridgehead atoms. The lowest BCUT2D eigenvalue weighted by Crippen LogP contribution is -2.34. The van der Waals surface area contributed by atoms with Crippen molar-refractivity contribution in [2.75, 3.05) is 7.11 Å². The molecule has 0 aliphatic carbocycles. The van der Waals surface area contributed by atoms with Crippen LogP contribution in [-0.4, -0.2) is 30.2 Å². The first-order chi connectivity index (χ1) is 11.0. The molecule has 2 rings (SSSR count). The van der Waals surface area contributed by atoms with Crippen molar-refractivity contribution in [2.24, 2.45) is 5.92 Å². The van der Waals surface area contributed by atoms with Crippen molar-refractivity contribution in [2.45, 2.75) is 46.1 Å². The molecule has 1 heterocycles. The number of unbranched alkanes of at least 4 members (excludes halogenated alkanes) is 1. The molecule has 1 aliphatic heterocycles. The Morgan fingerprint density at radius 3 is 2.39 bits per heavy atom. The summed E-state index contributed by atoms with van der Waals surface area (Å²) in [6.45, 7) is 6.05. The van der Waals surface area contributed by atoms with E-state index in [4.69, 9.17) is 4.74 Å². The largest absolute Gasteiger partial charge is 0.497 e. The van der Waals surface area contributed by atoms with Gasteiger partial charge < -0.3 is 9.64 Å². The van der Waals surface area contributed by atoms with Crippen LogP contribution < -0.4 is 4.74 Å². The van der Waals surface area contributed by atoms with Crippen LogP contribution in [0.15, 0.2) is 29.8 Å². The van der Waals surface area contributed by atoms with Gasteiger partial charge in [0.05, 0.1) is 18.7 Å². The molecule has 124 valence electrons. The lowest BCUT2D eigenvalue weighted by Gasteiger charge is -2.25. The average Bonchev–Trinajstić information content (AvgIpc) is 2.84. The molecule has 1 aromatic rings. The summed E-state index contributed by atoms with van der Waals surface area (Å²) in [5.41, 5.74) is 2.25. The maximum Gasteiger partial charge on any atom is 0.234 e. The number of amides is 1. The molecule has 1 amide bonds. The van der Waals surface area contributed by atoms with Crippen LogP contribution in [0.4, 0.5) is 0 Å². The maximum atomic E-state index is 12.8. The van der Waals surface area contributed by atoms with Gasteiger partial charge in [0.2, 0.25) is 5.91 Å². The third-order valence-corrected chi connectivity index (χ3v) is 4.28. The average molecular weight is 315 g/mol. The van der Waals surface area contributed by atoms with Crippen LogP contribution in [0.2, 0.25) is 0 Å². The normalized spacial score (nSPS) is 18.0. The van der Waals surface area contributed by atoms with E-state index in [1.54, 1.807) is 12.0 Å². The van der Waals surface area contributed by atoms with Gasteiger partial charge in [-0.25, -0.2) is 0 Å². The highest BCUT2D eigenvalue weighted by atomic mass is 16.5. The smallest absolute Gasteiger partial charge is 0.234 e. The fourth-order valence-corrected chi connectivity index (χ4v) is 3.11. The van der Waals surface area contributed by atoms with E-state index >= 15 is 0 Å². The molecular weight excluding hydrogens is 290 g/mol. The van der Waals surface area contributed by atoms with Crippen molar-refractivity contribution in [3.05, 3.63) is 35.4 Å². The van der Waals surface area contributed by atoms with Gasteiger partial charge in [-0.1, -0.05) is 19.8 Å². The fourth-order valence-electron chi connectivity index (χ4n) is 3.11. The summed E-state index contributed by atoms with van der Waals surface area (Å²) in [6.07, 6.45) is 3.54. The van der Waals surface area contributed by atoms with Crippen molar-refractivity contribution in [1.82, 2.24) is 4.90 Å². The Labute approximate surface area is 138 Å². The van der Waals surface area contributed by atoms with Gasteiger partial charge in [0.15, 0.2) is 0 Å². The zero-order valence-corrected chi connectivity index (χ0v) is 14.3. The molecule has 1 atom stereocenters. The van der Waals surface area contributed by atoms with Crippen LogP contribution in [0.25, 0.3) is 5.70 Å². The van der Waals surface area contributed by atoms with Gasteiger partial charge in [0.25, 0.3) is 0 Å². The van der Waals surface area contributed by atoms with E-state index < -0.39 is 0 Å². The van der Waals surface area contributed by atoms with Crippen molar-refractivity contribution in [3.63, 3.8) is 0 Å². The molecule has 0 spiro atoms. The number of rotatable bonds is 7. The van der Waals surface area contributed by atoms with Gasteiger partial charge in [-0.2, -0.15) is 0 Å². The van der Waals surface area contributed by atoms with Crippen molar-refractivity contribution < 1.29 is 14.3 Å². The first-order valence-corrected chi connectivity index (χ1v) is 8.22. The second-order valence-corrected chi connectivity index (χ2v) is 6.15. The van der Waals surface area contributed by atoms with E-state index in [9.17, 15) is 9.59 Å². The number of benzene rings is 1. The van der Waals surface area contributed by atoms with Crippen molar-refractivity contribution in [1.29, 1.82) is 0 Å². The first kappa shape index (κ1) is 17.3. The van der Waals surface area contributed by atoms with Crippen molar-refractivity contribution in [3.8, 4) is 5.75 Å². The summed E-state index contributed by atoms with van der Waals surface area (Å²) in [7, 11) is 1.62. The molecule has 0 N–H and O–H groups in total. The van der Waals surface area contributed by atoms with Crippen LogP contribution in [-0.2, 0) is 9.59 Å². The molecular formula is C19H25NO3. The van der Waals surface area contributed by atoms with Crippen molar-refractivity contribution >= 4 is 17.9 Å². The van der Waals surface area contributed by atoms with Gasteiger partial charge in [0, 0.05) is 11.6 Å². The number of nitrogens with zero attached hydrogens (tertiary/aromatic N) is 1. The van der Waals surface area contributed by atoms with Gasteiger partial charge >= 0.3 is 0 Å². The second kappa shape index (κ2) is 7.44. The van der Waals surface area contributed by atoms with E-state index in [0.29, 0.717) is 5.57 Å². The highest BCUT2D eigenvalue weighted by molar-refractivity contribution is 6.06. The fraction of sp³-hybridized carbons (Fsp3) is 0.474. The van der Waals surface area contributed by atoms with Crippen LogP contribution >= 0.6 is 0 Å². The number of methoxy groups -OCH3 is 1. The highest BCUT2D eigenvalue weighted by Crippen LogP contribution is 2.39. The van der Waals surface area contributed by atoms with Crippen LogP contribution in [0.3, 0.4) is 0 Å². The molecule has 23 heavy (non-hydrogen) atoms. The quantitative estimate of drug-likeness (QED) is 0.721. The van der Waals surface area contributed by atoms with E-state index in [1.165, 1.54) is 0 Å². The van der Waals surface area contributed by atoms with Gasteiger partial charge in [-0.3, -0.25) is 9.59 Å². The maximum absolute atomic E-state index is 12.8. The molecule has 0 saturated heterocycles. The Balaban J connectivity index is 2.50. The summed E-state index contributed by atoms with van der Waals surface area (Å²) in [5, 5.41) is 0. The highest BCUT2D eigenvalue weighted by Gasteiger charge is 2.40. The minimum atomic E-state index is -0.313. The number of ether oxygens (including phenoxy) is 1. The van der Waals surface area contributed by atoms with Crippen LogP contribution in [0.1, 0.15) is 45.6 Å². The molecule has 4 heteroatoms. The Hall–Kier alpha value is -2.10. The lowest BCUT2D eigenvalue weighted by molar-refractivity contribution is -0.131. The summed E-state index contributed by atoms with van der Waals surface area (Å²) < 4.78 is 5.19. The Morgan fingerprint density at radius 1 is 1.26 bits per heavy atom. The second-order valence-electron chi connectivity index (χ2n) is 6.15. The molecule has 4 nitrogen and oxygen atoms in total. The predicted molar refractivity (Wildman–Crippen MR) is 91.0 cm³/mol. The number of aldehydes is 1. The minimum absolute atomic E-state index is 0.0150. The lowest BCUT2D eigenvalue weighted by atomic mass is 9.94. The first-order valence-electron chi connectivity index (χ1n) is 8.22. The van der Waals surface area contributed by atoms with E-state index in [2.05, 4.69) is 6.92 Å². The Bertz CT molecular complexity index is 602. The van der Waals surface area contributed by atoms with Crippen LogP contribution in [0, 0.1) is 5.92 Å². The third-order valence-electron chi connectivity index (χ3n) is 4.28. The summed E-state index contributed by atoms with van der Waals surface area (Å²) in [5.74, 6) is 0.485. The van der Waals surface area contributed by atoms with Gasteiger partial charge in [-0.15, -0.1) is 0 Å². The molecule has 0 aromatic heterocycles. The number of carbonyl (C=O) groups excluding carboxylic acids is 2. The number of hydrogen-bond acceptors (Lipinski definition) is 3. The summed E-state index contributed by atoms with van der Waals surface area (Å²) in [6, 6.07) is 7.53. The predicted octanol–water partition coefficient (Wildman–Crippen LogP) is 3.66. The standard InChI is InChI=1S/C19H25NO3/c1-5-6-7-16-17(12-21)18(20(13(2)3)19(16)22)14-8-10-15(23-4)11-9-14/h8-13,16H,5-7H2,1-4H3. The van der Waals surface area contributed by atoms with Gasteiger partial charge in [-0.05, 0) is 50.1 Å². The molecule has 1 aromatic carbocycles. The summed E-state index contributed by atoms with van der Waals surface area (Å²) in [4.78, 5) is 26.3. The van der Waals surface area contributed by atoms with E-state index in [1.807, 2.05) is 38.1 Å². The number of hydrogen-bond donors (Lipinski definition) is 0. The number of carbonyl (C=O) groups is 2. The zero-order chi connectivity index (χ0) is 17.0. The Kier molecular flexibility index (Phi) is 5.59. The SMILES string of the molecule is CCCCC1C(=O)N(C(C)C)C(c2ccc(OC)cc2)=C1C=O. The molecule has 0 fully saturated rings. The zero-order valence-electron chi connectivity index (χ0n) is 14.3. The third kappa shape index (κ3) is 3.31. The minimum Gasteiger partial charge on any atom is -0.497 e. The Morgan fingerprint density at radius 2 is 1.91 bits per heavy atom. The van der Waals surface area contributed by atoms with E-state index in [-0.39, 0.29) is 17.9 Å². The molecule has 0 saturated carbocycles.